The normalized spacial score (nSPS) is 12.0. The Labute approximate surface area is 119 Å². The predicted octanol–water partition coefficient (Wildman–Crippen LogP) is 3.26. The Kier molecular flexibility index (Phi) is 4.77. The van der Waals surface area contributed by atoms with Crippen molar-refractivity contribution in [2.75, 3.05) is 12.4 Å². The maximum Gasteiger partial charge on any atom is 0.463 e. The van der Waals surface area contributed by atoms with Gasteiger partial charge in [0.05, 0.1) is 18.4 Å². The molecule has 0 aliphatic rings. The predicted molar refractivity (Wildman–Crippen MR) is 62.4 cm³/mol. The molecule has 116 valence electrons. The molecule has 1 N–H and O–H groups in total. The van der Waals surface area contributed by atoms with Crippen LogP contribution in [-0.2, 0) is 9.53 Å². The highest BCUT2D eigenvalue weighted by molar-refractivity contribution is 6.31. The van der Waals surface area contributed by atoms with Gasteiger partial charge in [-0.15, -0.1) is 0 Å². The van der Waals surface area contributed by atoms with Crippen molar-refractivity contribution in [3.63, 3.8) is 0 Å². The van der Waals surface area contributed by atoms with Crippen LogP contribution in [0.3, 0.4) is 0 Å². The number of anilines is 1. The topological polar surface area (TPSA) is 55.4 Å². The number of esters is 1. The summed E-state index contributed by atoms with van der Waals surface area (Å²) in [6.07, 6.45) is -6.06. The molecular weight excluding hydrogens is 325 g/mol. The highest BCUT2D eigenvalue weighted by atomic mass is 35.5. The summed E-state index contributed by atoms with van der Waals surface area (Å²) >= 11 is 5.57. The molecule has 1 aromatic rings. The number of benzene rings is 1. The minimum Gasteiger partial charge on any atom is -0.465 e. The fourth-order valence-corrected chi connectivity index (χ4v) is 1.41. The van der Waals surface area contributed by atoms with E-state index in [2.05, 4.69) is 4.74 Å². The molecule has 1 amide bonds. The second-order valence-corrected chi connectivity index (χ2v) is 4.14. The molecule has 21 heavy (non-hydrogen) atoms. The van der Waals surface area contributed by atoms with E-state index < -0.39 is 35.2 Å². The number of halogens is 6. The summed E-state index contributed by atoms with van der Waals surface area (Å²) in [5, 5.41) is 1.33. The number of rotatable bonds is 3. The van der Waals surface area contributed by atoms with E-state index in [0.717, 1.165) is 25.3 Å². The zero-order valence-corrected chi connectivity index (χ0v) is 11.0. The molecule has 0 saturated carbocycles. The van der Waals surface area contributed by atoms with Gasteiger partial charge in [-0.3, -0.25) is 4.79 Å². The number of nitrogens with one attached hydrogen (secondary N) is 1. The van der Waals surface area contributed by atoms with Crippen LogP contribution >= 0.6 is 11.6 Å². The summed E-state index contributed by atoms with van der Waals surface area (Å²) in [5.41, 5.74) is -1.04. The first-order chi connectivity index (χ1) is 9.50. The van der Waals surface area contributed by atoms with Crippen LogP contribution in [0.15, 0.2) is 18.2 Å². The summed E-state index contributed by atoms with van der Waals surface area (Å²) in [5.74, 6) is -9.30. The average molecular weight is 332 g/mol. The van der Waals surface area contributed by atoms with Gasteiger partial charge in [0.2, 0.25) is 0 Å². The number of amides is 1. The fourth-order valence-electron chi connectivity index (χ4n) is 1.23. The first kappa shape index (κ1) is 17.2. The smallest absolute Gasteiger partial charge is 0.463 e. The molecule has 0 bridgehead atoms. The van der Waals surface area contributed by atoms with Gasteiger partial charge in [-0.2, -0.15) is 22.0 Å². The van der Waals surface area contributed by atoms with Gasteiger partial charge in [0, 0.05) is 5.02 Å². The molecule has 0 aromatic heterocycles. The lowest BCUT2D eigenvalue weighted by Crippen LogP contribution is -2.47. The third kappa shape index (κ3) is 3.60. The molecule has 0 saturated heterocycles. The Morgan fingerprint density at radius 2 is 1.76 bits per heavy atom. The van der Waals surface area contributed by atoms with Crippen LogP contribution in [0.2, 0.25) is 5.02 Å². The van der Waals surface area contributed by atoms with Crippen LogP contribution < -0.4 is 5.32 Å². The summed E-state index contributed by atoms with van der Waals surface area (Å²) in [7, 11) is 0.957. The Bertz CT molecular complexity index is 573. The lowest BCUT2D eigenvalue weighted by molar-refractivity contribution is -0.267. The van der Waals surface area contributed by atoms with Crippen molar-refractivity contribution in [2.45, 2.75) is 12.1 Å². The van der Waals surface area contributed by atoms with Crippen LogP contribution in [-0.4, -0.2) is 31.1 Å². The molecule has 1 aromatic carbocycles. The van der Waals surface area contributed by atoms with Crippen molar-refractivity contribution >= 4 is 29.2 Å². The lowest BCUT2D eigenvalue weighted by Gasteiger charge is -2.19. The standard InChI is InChI=1S/C11H7ClF5NO3/c1-21-8(19)6-4-5(12)2-3-7(6)18-9(20)10(13,14)11(15,16)17/h2-4H,1H3,(H,18,20). The number of alkyl halides is 5. The summed E-state index contributed by atoms with van der Waals surface area (Å²) in [6.45, 7) is 0. The monoisotopic (exact) mass is 331 g/mol. The second kappa shape index (κ2) is 5.84. The minimum absolute atomic E-state index is 0.00372. The summed E-state index contributed by atoms with van der Waals surface area (Å²) in [6, 6.07) is 2.95. The van der Waals surface area contributed by atoms with Crippen LogP contribution in [0.1, 0.15) is 10.4 Å². The molecule has 10 heteroatoms. The molecule has 0 fully saturated rings. The first-order valence-corrected chi connectivity index (χ1v) is 5.52. The molecule has 0 aliphatic carbocycles. The number of hydrogen-bond donors (Lipinski definition) is 1. The highest BCUT2D eigenvalue weighted by Crippen LogP contribution is 2.36. The van der Waals surface area contributed by atoms with E-state index in [1.165, 1.54) is 5.32 Å². The van der Waals surface area contributed by atoms with Crippen molar-refractivity contribution < 1.29 is 36.3 Å². The van der Waals surface area contributed by atoms with E-state index >= 15 is 0 Å². The second-order valence-electron chi connectivity index (χ2n) is 3.71. The van der Waals surface area contributed by atoms with E-state index in [4.69, 9.17) is 11.6 Å². The van der Waals surface area contributed by atoms with Gasteiger partial charge in [0.1, 0.15) is 0 Å². The molecule has 0 unspecified atom stereocenters. The first-order valence-electron chi connectivity index (χ1n) is 5.14. The van der Waals surface area contributed by atoms with Gasteiger partial charge in [0.25, 0.3) is 0 Å². The summed E-state index contributed by atoms with van der Waals surface area (Å²) in [4.78, 5) is 22.4. The number of carbonyl (C=O) groups is 2. The third-order valence-electron chi connectivity index (χ3n) is 2.28. The van der Waals surface area contributed by atoms with Crippen LogP contribution in [0.25, 0.3) is 0 Å². The zero-order chi connectivity index (χ0) is 16.4. The van der Waals surface area contributed by atoms with Crippen molar-refractivity contribution in [1.82, 2.24) is 0 Å². The number of ether oxygens (including phenoxy) is 1. The maximum absolute atomic E-state index is 12.8. The third-order valence-corrected chi connectivity index (χ3v) is 2.51. The molecule has 0 heterocycles. The van der Waals surface area contributed by atoms with Gasteiger partial charge in [0.15, 0.2) is 0 Å². The number of methoxy groups -OCH3 is 1. The van der Waals surface area contributed by atoms with Gasteiger partial charge in [-0.1, -0.05) is 11.6 Å². The maximum atomic E-state index is 12.8. The Balaban J connectivity index is 3.14. The molecular formula is C11H7ClF5NO3. The van der Waals surface area contributed by atoms with Crippen LogP contribution in [0, 0.1) is 0 Å². The van der Waals surface area contributed by atoms with Crippen molar-refractivity contribution in [1.29, 1.82) is 0 Å². The number of carbonyl (C=O) groups excluding carboxylic acids is 2. The van der Waals surface area contributed by atoms with E-state index in [1.54, 1.807) is 0 Å². The molecule has 4 nitrogen and oxygen atoms in total. The Hall–Kier alpha value is -1.90. The molecule has 0 radical (unpaired) electrons. The van der Waals surface area contributed by atoms with Crippen molar-refractivity contribution in [2.24, 2.45) is 0 Å². The fraction of sp³-hybridized carbons (Fsp3) is 0.273. The average Bonchev–Trinajstić information content (AvgIpc) is 2.38. The van der Waals surface area contributed by atoms with Crippen molar-refractivity contribution in [3.8, 4) is 0 Å². The van der Waals surface area contributed by atoms with Gasteiger partial charge >= 0.3 is 24.0 Å². The minimum atomic E-state index is -6.06. The van der Waals surface area contributed by atoms with Gasteiger partial charge in [-0.05, 0) is 18.2 Å². The van der Waals surface area contributed by atoms with Crippen molar-refractivity contribution in [3.05, 3.63) is 28.8 Å². The largest absolute Gasteiger partial charge is 0.465 e. The van der Waals surface area contributed by atoms with Crippen LogP contribution in [0.4, 0.5) is 27.6 Å². The zero-order valence-electron chi connectivity index (χ0n) is 10.2. The Morgan fingerprint density at radius 3 is 2.24 bits per heavy atom. The molecule has 0 spiro atoms. The van der Waals surface area contributed by atoms with E-state index in [0.29, 0.717) is 0 Å². The molecule has 0 aliphatic heterocycles. The van der Waals surface area contributed by atoms with E-state index in [1.807, 2.05) is 0 Å². The quantitative estimate of drug-likeness (QED) is 0.683. The summed E-state index contributed by atoms with van der Waals surface area (Å²) < 4.78 is 66.1. The molecule has 1 rings (SSSR count). The van der Waals surface area contributed by atoms with Gasteiger partial charge in [-0.25, -0.2) is 4.79 Å². The van der Waals surface area contributed by atoms with E-state index in [-0.39, 0.29) is 5.02 Å². The van der Waals surface area contributed by atoms with Gasteiger partial charge < -0.3 is 10.1 Å². The lowest BCUT2D eigenvalue weighted by atomic mass is 10.1. The molecule has 0 atom stereocenters. The van der Waals surface area contributed by atoms with E-state index in [9.17, 15) is 31.5 Å². The van der Waals surface area contributed by atoms with Crippen LogP contribution in [0.5, 0.6) is 0 Å². The Morgan fingerprint density at radius 1 is 1.19 bits per heavy atom. The number of hydrogen-bond acceptors (Lipinski definition) is 3. The SMILES string of the molecule is COC(=O)c1cc(Cl)ccc1NC(=O)C(F)(F)C(F)(F)F. The highest BCUT2D eigenvalue weighted by Gasteiger charge is 2.63.